The van der Waals surface area contributed by atoms with E-state index in [1.807, 2.05) is 13.8 Å². The average molecular weight is 300 g/mol. The van der Waals surface area contributed by atoms with Gasteiger partial charge in [0.1, 0.15) is 18.0 Å². The second-order valence-corrected chi connectivity index (χ2v) is 7.13. The molecule has 2 rings (SSSR count). The number of sulfone groups is 1. The van der Waals surface area contributed by atoms with Crippen molar-refractivity contribution in [3.8, 4) is 5.75 Å². The lowest BCUT2D eigenvalue weighted by Crippen LogP contribution is -2.30. The molecule has 2 unspecified atom stereocenters. The molecular formula is C13H20N2O4S. The van der Waals surface area contributed by atoms with Crippen molar-refractivity contribution in [2.75, 3.05) is 18.1 Å². The van der Waals surface area contributed by atoms with Crippen LogP contribution in [0.1, 0.15) is 18.3 Å². The van der Waals surface area contributed by atoms with E-state index in [0.717, 1.165) is 17.9 Å². The van der Waals surface area contributed by atoms with E-state index >= 15 is 0 Å². The zero-order valence-electron chi connectivity index (χ0n) is 11.7. The van der Waals surface area contributed by atoms with E-state index in [4.69, 9.17) is 4.74 Å². The Morgan fingerprint density at radius 3 is 2.80 bits per heavy atom. The van der Waals surface area contributed by atoms with Gasteiger partial charge in [-0.3, -0.25) is 4.98 Å². The number of ether oxygens (including phenoxy) is 1. The molecule has 0 bridgehead atoms. The molecule has 1 saturated heterocycles. The molecule has 2 heterocycles. The lowest BCUT2D eigenvalue weighted by atomic mass is 10.2. The number of aliphatic hydroxyl groups excluding tert-OH is 1. The van der Waals surface area contributed by atoms with Gasteiger partial charge < -0.3 is 15.2 Å². The van der Waals surface area contributed by atoms with Crippen LogP contribution in [0.5, 0.6) is 5.75 Å². The van der Waals surface area contributed by atoms with E-state index in [1.54, 1.807) is 12.1 Å². The number of aromatic nitrogens is 1. The molecule has 2 atom stereocenters. The first-order chi connectivity index (χ1) is 9.41. The first-order valence-corrected chi connectivity index (χ1v) is 8.46. The molecule has 20 heavy (non-hydrogen) atoms. The standard InChI is InChI=1S/C13H20N2O4S/c1-3-14-6-10-12(5-4-9(2)15-10)19-13-8-20(17,18)7-11(13)16/h4-5,11,13-14,16H,3,6-8H2,1-2H3. The second kappa shape index (κ2) is 6.07. The van der Waals surface area contributed by atoms with E-state index in [0.29, 0.717) is 12.3 Å². The van der Waals surface area contributed by atoms with Crippen LogP contribution in [0.4, 0.5) is 0 Å². The number of pyridine rings is 1. The van der Waals surface area contributed by atoms with Crippen LogP contribution in [0.25, 0.3) is 0 Å². The van der Waals surface area contributed by atoms with Crippen molar-refractivity contribution in [3.63, 3.8) is 0 Å². The third-order valence-corrected chi connectivity index (χ3v) is 4.85. The summed E-state index contributed by atoms with van der Waals surface area (Å²) >= 11 is 0. The fraction of sp³-hybridized carbons (Fsp3) is 0.615. The molecule has 0 aliphatic carbocycles. The Labute approximate surface area is 119 Å². The van der Waals surface area contributed by atoms with Crippen LogP contribution >= 0.6 is 0 Å². The van der Waals surface area contributed by atoms with E-state index in [-0.39, 0.29) is 11.5 Å². The molecule has 0 spiro atoms. The van der Waals surface area contributed by atoms with Gasteiger partial charge in [0, 0.05) is 12.2 Å². The van der Waals surface area contributed by atoms with E-state index < -0.39 is 22.0 Å². The average Bonchev–Trinajstić information content (AvgIpc) is 2.62. The highest BCUT2D eigenvalue weighted by atomic mass is 32.2. The number of aryl methyl sites for hydroxylation is 1. The van der Waals surface area contributed by atoms with Crippen LogP contribution in [0, 0.1) is 6.92 Å². The highest BCUT2D eigenvalue weighted by Gasteiger charge is 2.38. The molecule has 1 aliphatic heterocycles. The van der Waals surface area contributed by atoms with Crippen molar-refractivity contribution >= 4 is 9.84 Å². The molecule has 1 aromatic heterocycles. The molecule has 1 aromatic rings. The fourth-order valence-corrected chi connectivity index (χ4v) is 3.81. The van der Waals surface area contributed by atoms with Gasteiger partial charge in [-0.2, -0.15) is 0 Å². The quantitative estimate of drug-likeness (QED) is 0.798. The maximum atomic E-state index is 11.5. The lowest BCUT2D eigenvalue weighted by Gasteiger charge is -2.18. The van der Waals surface area contributed by atoms with Crippen molar-refractivity contribution in [2.45, 2.75) is 32.6 Å². The van der Waals surface area contributed by atoms with Crippen LogP contribution < -0.4 is 10.1 Å². The molecule has 0 radical (unpaired) electrons. The summed E-state index contributed by atoms with van der Waals surface area (Å²) in [7, 11) is -3.21. The number of nitrogens with zero attached hydrogens (tertiary/aromatic N) is 1. The monoisotopic (exact) mass is 300 g/mol. The van der Waals surface area contributed by atoms with Gasteiger partial charge in [0.15, 0.2) is 9.84 Å². The molecule has 7 heteroatoms. The number of hydrogen-bond acceptors (Lipinski definition) is 6. The predicted molar refractivity (Wildman–Crippen MR) is 75.4 cm³/mol. The van der Waals surface area contributed by atoms with Crippen molar-refractivity contribution in [3.05, 3.63) is 23.5 Å². The van der Waals surface area contributed by atoms with E-state index in [2.05, 4.69) is 10.3 Å². The van der Waals surface area contributed by atoms with Crippen LogP contribution in [0.15, 0.2) is 12.1 Å². The summed E-state index contributed by atoms with van der Waals surface area (Å²) in [5, 5.41) is 12.9. The zero-order valence-corrected chi connectivity index (χ0v) is 12.5. The Morgan fingerprint density at radius 2 is 2.20 bits per heavy atom. The molecular weight excluding hydrogens is 280 g/mol. The summed E-state index contributed by atoms with van der Waals surface area (Å²) in [6, 6.07) is 3.58. The third-order valence-electron chi connectivity index (χ3n) is 3.16. The van der Waals surface area contributed by atoms with Gasteiger partial charge in [-0.05, 0) is 25.6 Å². The fourth-order valence-electron chi connectivity index (χ4n) is 2.15. The molecule has 6 nitrogen and oxygen atoms in total. The summed E-state index contributed by atoms with van der Waals surface area (Å²) in [6.45, 7) is 5.22. The van der Waals surface area contributed by atoms with E-state index in [9.17, 15) is 13.5 Å². The normalized spacial score (nSPS) is 24.8. The first kappa shape index (κ1) is 15.2. The molecule has 1 fully saturated rings. The molecule has 1 aliphatic rings. The summed E-state index contributed by atoms with van der Waals surface area (Å²) in [5.41, 5.74) is 1.59. The largest absolute Gasteiger partial charge is 0.485 e. The number of nitrogens with one attached hydrogen (secondary N) is 1. The highest BCUT2D eigenvalue weighted by molar-refractivity contribution is 7.91. The Morgan fingerprint density at radius 1 is 1.45 bits per heavy atom. The Kier molecular flexibility index (Phi) is 4.62. The minimum Gasteiger partial charge on any atom is -0.485 e. The first-order valence-electron chi connectivity index (χ1n) is 6.63. The van der Waals surface area contributed by atoms with Gasteiger partial charge in [-0.15, -0.1) is 0 Å². The van der Waals surface area contributed by atoms with Gasteiger partial charge in [0.2, 0.25) is 0 Å². The van der Waals surface area contributed by atoms with Crippen LogP contribution in [0.2, 0.25) is 0 Å². The Balaban J connectivity index is 2.16. The van der Waals surface area contributed by atoms with Crippen LogP contribution in [0.3, 0.4) is 0 Å². The van der Waals surface area contributed by atoms with Gasteiger partial charge >= 0.3 is 0 Å². The summed E-state index contributed by atoms with van der Waals surface area (Å²) in [5.74, 6) is 0.139. The molecule has 0 saturated carbocycles. The number of rotatable bonds is 5. The second-order valence-electron chi connectivity index (χ2n) is 4.98. The molecule has 2 N–H and O–H groups in total. The smallest absolute Gasteiger partial charge is 0.156 e. The number of aliphatic hydroxyl groups is 1. The van der Waals surface area contributed by atoms with Crippen LogP contribution in [-0.4, -0.2) is 48.8 Å². The topological polar surface area (TPSA) is 88.5 Å². The molecule has 112 valence electrons. The van der Waals surface area contributed by atoms with Gasteiger partial charge in [0.25, 0.3) is 0 Å². The van der Waals surface area contributed by atoms with Gasteiger partial charge in [-0.1, -0.05) is 6.92 Å². The van der Waals surface area contributed by atoms with Crippen molar-refractivity contribution < 1.29 is 18.3 Å². The third kappa shape index (κ3) is 3.68. The van der Waals surface area contributed by atoms with Crippen molar-refractivity contribution in [1.82, 2.24) is 10.3 Å². The maximum absolute atomic E-state index is 11.5. The van der Waals surface area contributed by atoms with Crippen LogP contribution in [-0.2, 0) is 16.4 Å². The zero-order chi connectivity index (χ0) is 14.8. The van der Waals surface area contributed by atoms with Crippen molar-refractivity contribution in [2.24, 2.45) is 0 Å². The summed E-state index contributed by atoms with van der Waals surface area (Å²) in [6.07, 6.45) is -1.70. The van der Waals surface area contributed by atoms with Gasteiger partial charge in [0.05, 0.1) is 17.2 Å². The highest BCUT2D eigenvalue weighted by Crippen LogP contribution is 2.23. The molecule has 0 amide bonds. The summed E-state index contributed by atoms with van der Waals surface area (Å²) < 4.78 is 28.6. The SMILES string of the molecule is CCNCc1nc(C)ccc1OC1CS(=O)(=O)CC1O. The van der Waals surface area contributed by atoms with Gasteiger partial charge in [-0.25, -0.2) is 8.42 Å². The summed E-state index contributed by atoms with van der Waals surface area (Å²) in [4.78, 5) is 4.40. The minimum atomic E-state index is -3.21. The number of hydrogen-bond donors (Lipinski definition) is 2. The molecule has 0 aromatic carbocycles. The Hall–Kier alpha value is -1.18. The van der Waals surface area contributed by atoms with E-state index in [1.165, 1.54) is 0 Å². The van der Waals surface area contributed by atoms with Crippen molar-refractivity contribution in [1.29, 1.82) is 0 Å². The maximum Gasteiger partial charge on any atom is 0.156 e. The minimum absolute atomic E-state index is 0.150. The lowest BCUT2D eigenvalue weighted by molar-refractivity contribution is 0.0727. The Bertz CT molecular complexity index is 574. The predicted octanol–water partition coefficient (Wildman–Crippen LogP) is 0.0362.